The van der Waals surface area contributed by atoms with Crippen LogP contribution in [0.5, 0.6) is 0 Å². The minimum atomic E-state index is -3.38. The molecular formula is C11H11N2O2S+. The van der Waals surface area contributed by atoms with Gasteiger partial charge < -0.3 is 0 Å². The molecule has 0 spiro atoms. The van der Waals surface area contributed by atoms with Crippen LogP contribution in [0, 0.1) is 0 Å². The quantitative estimate of drug-likeness (QED) is 0.806. The molecule has 0 radical (unpaired) electrons. The predicted octanol–water partition coefficient (Wildman–Crippen LogP) is 1.74. The van der Waals surface area contributed by atoms with Gasteiger partial charge in [-0.15, -0.1) is 0 Å². The van der Waals surface area contributed by atoms with Crippen molar-refractivity contribution in [3.05, 3.63) is 60.9 Å². The zero-order valence-corrected chi connectivity index (χ0v) is 9.25. The van der Waals surface area contributed by atoms with Gasteiger partial charge in [0.25, 0.3) is 10.0 Å². The van der Waals surface area contributed by atoms with Gasteiger partial charge in [0, 0.05) is 12.1 Å². The summed E-state index contributed by atoms with van der Waals surface area (Å²) in [5.74, 6) is 0. The number of rotatable bonds is 2. The minimum Gasteiger partial charge on any atom is -0.293 e. The molecule has 1 heterocycles. The van der Waals surface area contributed by atoms with Gasteiger partial charge in [-0.2, -0.15) is 0 Å². The molecule has 2 aromatic rings. The van der Waals surface area contributed by atoms with E-state index in [9.17, 15) is 8.76 Å². The highest BCUT2D eigenvalue weighted by Gasteiger charge is 2.11. The predicted molar refractivity (Wildman–Crippen MR) is 59.9 cm³/mol. The van der Waals surface area contributed by atoms with Crippen molar-refractivity contribution in [2.45, 2.75) is 4.90 Å². The largest absolute Gasteiger partial charge is 0.293 e. The molecule has 4 nitrogen and oxygen atoms in total. The fourth-order valence-corrected chi connectivity index (χ4v) is 2.19. The first-order chi connectivity index (χ1) is 7.68. The van der Waals surface area contributed by atoms with Crippen LogP contribution in [0.2, 0.25) is 0 Å². The summed E-state index contributed by atoms with van der Waals surface area (Å²) in [6.07, 6.45) is 3.22. The second-order valence-electron chi connectivity index (χ2n) is 3.15. The van der Waals surface area contributed by atoms with Gasteiger partial charge in [0.1, 0.15) is 0 Å². The first kappa shape index (κ1) is 10.8. The lowest BCUT2D eigenvalue weighted by Gasteiger charge is -1.97. The van der Waals surface area contributed by atoms with Crippen LogP contribution in [0.4, 0.5) is 0 Å². The maximum Gasteiger partial charge on any atom is 0.253 e. The fraction of sp³-hybridized carbons (Fsp3) is 0. The number of hydrogen-bond acceptors (Lipinski definition) is 2. The SMILES string of the molecule is O=S(O)(=N[n+]1ccccc1)c1ccccc1. The van der Waals surface area contributed by atoms with Crippen LogP contribution in [-0.2, 0) is 10.0 Å². The summed E-state index contributed by atoms with van der Waals surface area (Å²) >= 11 is 0. The molecule has 1 unspecified atom stereocenters. The Bertz CT molecular complexity index is 575. The number of benzene rings is 1. The van der Waals surface area contributed by atoms with Crippen LogP contribution < -0.4 is 4.68 Å². The maximum atomic E-state index is 11.9. The number of hydrogen-bond donors (Lipinski definition) is 1. The smallest absolute Gasteiger partial charge is 0.253 e. The van der Waals surface area contributed by atoms with Gasteiger partial charge in [-0.3, -0.25) is 4.55 Å². The Labute approximate surface area is 94.2 Å². The second kappa shape index (κ2) is 4.42. The van der Waals surface area contributed by atoms with Gasteiger partial charge in [0.15, 0.2) is 0 Å². The molecule has 2 rings (SSSR count). The molecule has 0 saturated carbocycles. The van der Waals surface area contributed by atoms with Crippen LogP contribution in [0.25, 0.3) is 0 Å². The van der Waals surface area contributed by atoms with E-state index in [1.165, 1.54) is 4.68 Å². The van der Waals surface area contributed by atoms with E-state index in [0.717, 1.165) is 0 Å². The fourth-order valence-electron chi connectivity index (χ4n) is 1.22. The maximum absolute atomic E-state index is 11.9. The molecule has 1 atom stereocenters. The third-order valence-electron chi connectivity index (χ3n) is 1.96. The first-order valence-electron chi connectivity index (χ1n) is 4.70. The zero-order chi connectivity index (χ0) is 11.4. The Balaban J connectivity index is 2.48. The highest BCUT2D eigenvalue weighted by Crippen LogP contribution is 2.08. The molecule has 0 aliphatic rings. The van der Waals surface area contributed by atoms with Crippen molar-refractivity contribution in [3.63, 3.8) is 0 Å². The Hall–Kier alpha value is -1.72. The average Bonchev–Trinajstić information content (AvgIpc) is 2.31. The van der Waals surface area contributed by atoms with E-state index >= 15 is 0 Å². The monoisotopic (exact) mass is 235 g/mol. The third-order valence-corrected chi connectivity index (χ3v) is 3.25. The molecule has 0 aliphatic heterocycles. The van der Waals surface area contributed by atoms with E-state index in [1.54, 1.807) is 54.9 Å². The molecule has 1 aromatic carbocycles. The molecule has 0 amide bonds. The lowest BCUT2D eigenvalue weighted by Crippen LogP contribution is -2.27. The summed E-state index contributed by atoms with van der Waals surface area (Å²) in [5, 5.41) is 0. The highest BCUT2D eigenvalue weighted by atomic mass is 32.2. The number of pyridine rings is 1. The molecule has 16 heavy (non-hydrogen) atoms. The van der Waals surface area contributed by atoms with E-state index in [1.807, 2.05) is 6.07 Å². The average molecular weight is 235 g/mol. The van der Waals surface area contributed by atoms with Crippen molar-refractivity contribution in [3.8, 4) is 0 Å². The van der Waals surface area contributed by atoms with E-state index in [4.69, 9.17) is 0 Å². The summed E-state index contributed by atoms with van der Waals surface area (Å²) in [6, 6.07) is 13.6. The highest BCUT2D eigenvalue weighted by molar-refractivity contribution is 7.88. The van der Waals surface area contributed by atoms with Gasteiger partial charge in [-0.25, -0.2) is 4.21 Å². The van der Waals surface area contributed by atoms with Gasteiger partial charge in [0.2, 0.25) is 12.4 Å². The van der Waals surface area contributed by atoms with Gasteiger partial charge in [-0.1, -0.05) is 24.3 Å². The van der Waals surface area contributed by atoms with Crippen molar-refractivity contribution in [1.29, 1.82) is 0 Å². The molecule has 0 saturated heterocycles. The topological polar surface area (TPSA) is 53.5 Å². The lowest BCUT2D eigenvalue weighted by molar-refractivity contribution is -0.676. The van der Waals surface area contributed by atoms with E-state index in [2.05, 4.69) is 4.47 Å². The molecule has 1 aromatic heterocycles. The standard InChI is InChI=1S/C11H10N2O2S/c14-16(15,11-7-3-1-4-8-11)12-13-9-5-2-6-10-13/h1-10H/p+1. The molecule has 0 bridgehead atoms. The van der Waals surface area contributed by atoms with Crippen molar-refractivity contribution in [2.75, 3.05) is 0 Å². The summed E-state index contributed by atoms with van der Waals surface area (Å²) in [7, 11) is -3.38. The summed E-state index contributed by atoms with van der Waals surface area (Å²) in [6.45, 7) is 0. The van der Waals surface area contributed by atoms with Crippen LogP contribution in [0.15, 0.2) is 70.3 Å². The summed E-state index contributed by atoms with van der Waals surface area (Å²) in [5.41, 5.74) is 0. The van der Waals surface area contributed by atoms with Crippen LogP contribution in [0.1, 0.15) is 0 Å². The van der Waals surface area contributed by atoms with Crippen LogP contribution in [0.3, 0.4) is 0 Å². The van der Waals surface area contributed by atoms with Gasteiger partial charge in [-0.05, 0) is 16.8 Å². The molecule has 0 fully saturated rings. The first-order valence-corrected chi connectivity index (χ1v) is 6.17. The number of aromatic nitrogens is 1. The Morgan fingerprint density at radius 3 is 2.19 bits per heavy atom. The Morgan fingerprint density at radius 1 is 1.00 bits per heavy atom. The molecule has 1 N–H and O–H groups in total. The summed E-state index contributed by atoms with van der Waals surface area (Å²) in [4.78, 5) is 0.298. The van der Waals surface area contributed by atoms with Crippen molar-refractivity contribution in [2.24, 2.45) is 4.47 Å². The Kier molecular flexibility index (Phi) is 2.98. The molecule has 82 valence electrons. The lowest BCUT2D eigenvalue weighted by atomic mass is 10.4. The zero-order valence-electron chi connectivity index (χ0n) is 8.43. The minimum absolute atomic E-state index is 0.298. The van der Waals surface area contributed by atoms with Crippen molar-refractivity contribution < 1.29 is 13.4 Å². The molecular weight excluding hydrogens is 224 g/mol. The van der Waals surface area contributed by atoms with Crippen molar-refractivity contribution in [1.82, 2.24) is 0 Å². The van der Waals surface area contributed by atoms with E-state index in [0.29, 0.717) is 4.90 Å². The number of nitrogens with zero attached hydrogens (tertiary/aromatic N) is 2. The van der Waals surface area contributed by atoms with E-state index in [-0.39, 0.29) is 0 Å². The van der Waals surface area contributed by atoms with E-state index < -0.39 is 10.0 Å². The normalized spacial score (nSPS) is 14.1. The second-order valence-corrected chi connectivity index (χ2v) is 4.77. The third kappa shape index (κ3) is 2.44. The van der Waals surface area contributed by atoms with Crippen molar-refractivity contribution >= 4 is 10.0 Å². The van der Waals surface area contributed by atoms with Gasteiger partial charge >= 0.3 is 0 Å². The molecule has 0 aliphatic carbocycles. The van der Waals surface area contributed by atoms with Crippen LogP contribution in [-0.4, -0.2) is 8.76 Å². The summed E-state index contributed by atoms with van der Waals surface area (Å²) < 4.78 is 26.8. The van der Waals surface area contributed by atoms with Crippen LogP contribution >= 0.6 is 0 Å². The Morgan fingerprint density at radius 2 is 1.56 bits per heavy atom. The molecule has 5 heteroatoms. The van der Waals surface area contributed by atoms with Gasteiger partial charge in [0.05, 0.1) is 9.37 Å².